The average molecular weight is 409 g/mol. The van der Waals surface area contributed by atoms with E-state index >= 15 is 0 Å². The van der Waals surface area contributed by atoms with Crippen LogP contribution in [0.1, 0.15) is 37.7 Å². The third kappa shape index (κ3) is 4.48. The summed E-state index contributed by atoms with van der Waals surface area (Å²) in [5.41, 5.74) is 6.26. The van der Waals surface area contributed by atoms with E-state index in [4.69, 9.17) is 23.8 Å². The molecule has 0 bridgehead atoms. The van der Waals surface area contributed by atoms with Gasteiger partial charge in [0.05, 0.1) is 0 Å². The molecular formula is C24H25ClN2S. The van der Waals surface area contributed by atoms with Gasteiger partial charge in [-0.2, -0.15) is 0 Å². The first-order chi connectivity index (χ1) is 13.7. The van der Waals surface area contributed by atoms with E-state index in [1.165, 1.54) is 41.7 Å². The lowest BCUT2D eigenvalue weighted by Crippen LogP contribution is -2.31. The molecule has 2 aromatic rings. The lowest BCUT2D eigenvalue weighted by Gasteiger charge is -2.32. The molecule has 28 heavy (non-hydrogen) atoms. The van der Waals surface area contributed by atoms with Crippen LogP contribution in [0.5, 0.6) is 0 Å². The predicted molar refractivity (Wildman–Crippen MR) is 124 cm³/mol. The van der Waals surface area contributed by atoms with Crippen LogP contribution in [0.25, 0.3) is 6.08 Å². The number of hydrogen-bond acceptors (Lipinski definition) is 2. The number of halogens is 1. The standard InChI is InChI=1S/C24H25ClN2S/c25-20-12-9-18(10-13-20)17-19-11-14-22(23(19)27-15-5-2-6-16-27)24(28)26-21-7-3-1-4-8-21/h1,3-4,7-10,12-13,17H,2,5-6,11,14-16H2,(H,26,28)/b19-17+. The molecule has 1 N–H and O–H groups in total. The Bertz CT molecular complexity index is 894. The summed E-state index contributed by atoms with van der Waals surface area (Å²) in [6, 6.07) is 18.3. The molecule has 2 nitrogen and oxygen atoms in total. The number of benzene rings is 2. The topological polar surface area (TPSA) is 15.3 Å². The van der Waals surface area contributed by atoms with Gasteiger partial charge in [-0.3, -0.25) is 0 Å². The number of piperidine rings is 1. The Hall–Kier alpha value is -2.10. The molecule has 1 aliphatic carbocycles. The molecule has 0 atom stereocenters. The molecule has 2 aromatic carbocycles. The summed E-state index contributed by atoms with van der Waals surface area (Å²) < 4.78 is 0. The summed E-state index contributed by atoms with van der Waals surface area (Å²) in [6.45, 7) is 2.23. The molecule has 0 saturated carbocycles. The number of hydrogen-bond donors (Lipinski definition) is 1. The molecule has 4 rings (SSSR count). The van der Waals surface area contributed by atoms with Gasteiger partial charge in [0.1, 0.15) is 4.99 Å². The van der Waals surface area contributed by atoms with Crippen molar-refractivity contribution in [3.8, 4) is 0 Å². The monoisotopic (exact) mass is 408 g/mol. The highest BCUT2D eigenvalue weighted by atomic mass is 35.5. The third-order valence-corrected chi connectivity index (χ3v) is 6.02. The fraction of sp³-hybridized carbons (Fsp3) is 0.292. The molecule has 2 aliphatic rings. The number of likely N-dealkylation sites (tertiary alicyclic amines) is 1. The van der Waals surface area contributed by atoms with Crippen molar-refractivity contribution in [2.75, 3.05) is 18.4 Å². The van der Waals surface area contributed by atoms with Gasteiger partial charge in [0, 0.05) is 35.1 Å². The fourth-order valence-corrected chi connectivity index (χ4v) is 4.49. The smallest absolute Gasteiger partial charge is 0.108 e. The van der Waals surface area contributed by atoms with Crippen LogP contribution in [0.2, 0.25) is 5.02 Å². The minimum Gasteiger partial charge on any atom is -0.371 e. The Morgan fingerprint density at radius 2 is 1.64 bits per heavy atom. The van der Waals surface area contributed by atoms with Gasteiger partial charge in [-0.25, -0.2) is 0 Å². The van der Waals surface area contributed by atoms with Crippen LogP contribution in [-0.4, -0.2) is 23.0 Å². The first kappa shape index (κ1) is 19.2. The van der Waals surface area contributed by atoms with Gasteiger partial charge in [-0.15, -0.1) is 0 Å². The Morgan fingerprint density at radius 1 is 0.929 bits per heavy atom. The molecule has 1 fully saturated rings. The summed E-state index contributed by atoms with van der Waals surface area (Å²) in [5, 5.41) is 4.22. The van der Waals surface area contributed by atoms with E-state index in [-0.39, 0.29) is 0 Å². The fourth-order valence-electron chi connectivity index (χ4n) is 4.05. The molecule has 0 aromatic heterocycles. The Balaban J connectivity index is 1.67. The maximum absolute atomic E-state index is 6.06. The summed E-state index contributed by atoms with van der Waals surface area (Å²) in [6.07, 6.45) is 8.15. The van der Waals surface area contributed by atoms with Crippen LogP contribution in [0.4, 0.5) is 5.69 Å². The quantitative estimate of drug-likeness (QED) is 0.567. The van der Waals surface area contributed by atoms with E-state index in [2.05, 4.69) is 40.6 Å². The summed E-state index contributed by atoms with van der Waals surface area (Å²) in [5.74, 6) is 0. The third-order valence-electron chi connectivity index (χ3n) is 5.42. The van der Waals surface area contributed by atoms with Gasteiger partial charge in [0.15, 0.2) is 0 Å². The molecule has 144 valence electrons. The van der Waals surface area contributed by atoms with Crippen molar-refractivity contribution in [2.45, 2.75) is 32.1 Å². The van der Waals surface area contributed by atoms with Crippen LogP contribution in [0.15, 0.2) is 71.4 Å². The maximum Gasteiger partial charge on any atom is 0.108 e. The summed E-state index contributed by atoms with van der Waals surface area (Å²) in [4.78, 5) is 3.40. The number of rotatable bonds is 4. The first-order valence-corrected chi connectivity index (χ1v) is 10.8. The summed E-state index contributed by atoms with van der Waals surface area (Å²) in [7, 11) is 0. The van der Waals surface area contributed by atoms with Gasteiger partial charge in [-0.1, -0.05) is 54.2 Å². The number of nitrogens with one attached hydrogen (secondary N) is 1. The van der Waals surface area contributed by atoms with Crippen LogP contribution in [-0.2, 0) is 0 Å². The first-order valence-electron chi connectivity index (χ1n) is 10.0. The van der Waals surface area contributed by atoms with E-state index in [9.17, 15) is 0 Å². The van der Waals surface area contributed by atoms with Crippen molar-refractivity contribution < 1.29 is 0 Å². The van der Waals surface area contributed by atoms with Crippen LogP contribution < -0.4 is 5.32 Å². The van der Waals surface area contributed by atoms with Crippen molar-refractivity contribution in [1.29, 1.82) is 0 Å². The molecule has 0 unspecified atom stereocenters. The number of nitrogens with zero attached hydrogens (tertiary/aromatic N) is 1. The number of para-hydroxylation sites is 1. The molecule has 0 amide bonds. The van der Waals surface area contributed by atoms with E-state index in [1.54, 1.807) is 0 Å². The minimum atomic E-state index is 0.772. The second-order valence-corrected chi connectivity index (χ2v) is 8.26. The minimum absolute atomic E-state index is 0.772. The van der Waals surface area contributed by atoms with Crippen LogP contribution in [0.3, 0.4) is 0 Å². The normalized spacial score (nSPS) is 18.6. The van der Waals surface area contributed by atoms with Gasteiger partial charge in [0.25, 0.3) is 0 Å². The van der Waals surface area contributed by atoms with Crippen molar-refractivity contribution in [3.05, 3.63) is 82.0 Å². The zero-order chi connectivity index (χ0) is 19.3. The van der Waals surface area contributed by atoms with Gasteiger partial charge >= 0.3 is 0 Å². The number of allylic oxidation sites excluding steroid dienone is 1. The Labute approximate surface area is 177 Å². The van der Waals surface area contributed by atoms with Crippen LogP contribution in [0, 0.1) is 0 Å². The Morgan fingerprint density at radius 3 is 2.36 bits per heavy atom. The Kier molecular flexibility index (Phi) is 6.13. The number of thiocarbonyl (C=S) groups is 1. The second kappa shape index (κ2) is 8.93. The van der Waals surface area contributed by atoms with Crippen molar-refractivity contribution in [2.24, 2.45) is 0 Å². The van der Waals surface area contributed by atoms with E-state index in [1.807, 2.05) is 30.3 Å². The highest BCUT2D eigenvalue weighted by Crippen LogP contribution is 2.37. The average Bonchev–Trinajstić information content (AvgIpc) is 3.15. The summed E-state index contributed by atoms with van der Waals surface area (Å²) >= 11 is 11.9. The lowest BCUT2D eigenvalue weighted by molar-refractivity contribution is 0.290. The van der Waals surface area contributed by atoms with Crippen molar-refractivity contribution >= 4 is 40.6 Å². The largest absolute Gasteiger partial charge is 0.371 e. The molecule has 1 aliphatic heterocycles. The van der Waals surface area contributed by atoms with Gasteiger partial charge in [0.2, 0.25) is 0 Å². The zero-order valence-corrected chi connectivity index (χ0v) is 17.5. The van der Waals surface area contributed by atoms with Crippen LogP contribution >= 0.6 is 23.8 Å². The van der Waals surface area contributed by atoms with E-state index in [0.717, 1.165) is 41.6 Å². The van der Waals surface area contributed by atoms with Gasteiger partial charge in [-0.05, 0) is 73.6 Å². The van der Waals surface area contributed by atoms with E-state index in [0.29, 0.717) is 0 Å². The lowest BCUT2D eigenvalue weighted by atomic mass is 10.0. The molecular weight excluding hydrogens is 384 g/mol. The van der Waals surface area contributed by atoms with Crippen molar-refractivity contribution in [1.82, 2.24) is 4.90 Å². The predicted octanol–water partition coefficient (Wildman–Crippen LogP) is 6.70. The molecule has 0 spiro atoms. The highest BCUT2D eigenvalue weighted by molar-refractivity contribution is 7.81. The SMILES string of the molecule is S=C(Nc1ccccc1)C1=C(N2CCCCC2)/C(=C/c2ccc(Cl)cc2)CC1. The van der Waals surface area contributed by atoms with Crippen molar-refractivity contribution in [3.63, 3.8) is 0 Å². The molecule has 1 saturated heterocycles. The van der Waals surface area contributed by atoms with E-state index < -0.39 is 0 Å². The zero-order valence-electron chi connectivity index (χ0n) is 16.0. The highest BCUT2D eigenvalue weighted by Gasteiger charge is 2.28. The molecule has 0 radical (unpaired) electrons. The molecule has 4 heteroatoms. The molecule has 1 heterocycles. The second-order valence-electron chi connectivity index (χ2n) is 7.42. The van der Waals surface area contributed by atoms with Gasteiger partial charge < -0.3 is 10.2 Å². The number of anilines is 1. The maximum atomic E-state index is 6.06.